The SMILES string of the molecule is CCN(CC(=O)NC(=O)NC(C)(C)C)Cc1cccc(F)c1. The molecule has 3 amide bonds. The summed E-state index contributed by atoms with van der Waals surface area (Å²) >= 11 is 0. The fraction of sp³-hybridized carbons (Fsp3) is 0.500. The van der Waals surface area contributed by atoms with Crippen LogP contribution < -0.4 is 10.6 Å². The molecule has 2 N–H and O–H groups in total. The van der Waals surface area contributed by atoms with Gasteiger partial charge in [0.05, 0.1) is 6.54 Å². The van der Waals surface area contributed by atoms with Gasteiger partial charge in [0.15, 0.2) is 0 Å². The summed E-state index contributed by atoms with van der Waals surface area (Å²) in [5, 5.41) is 4.95. The first-order valence-electron chi connectivity index (χ1n) is 7.28. The molecule has 0 aliphatic rings. The van der Waals surface area contributed by atoms with Gasteiger partial charge < -0.3 is 5.32 Å². The predicted molar refractivity (Wildman–Crippen MR) is 83.8 cm³/mol. The minimum Gasteiger partial charge on any atom is -0.333 e. The number of benzene rings is 1. The van der Waals surface area contributed by atoms with Gasteiger partial charge in [0, 0.05) is 12.1 Å². The first-order valence-corrected chi connectivity index (χ1v) is 7.28. The molecule has 0 radical (unpaired) electrons. The Hall–Kier alpha value is -1.95. The Kier molecular flexibility index (Phi) is 6.49. The van der Waals surface area contributed by atoms with Gasteiger partial charge in [-0.05, 0) is 45.0 Å². The lowest BCUT2D eigenvalue weighted by atomic mass is 10.1. The molecule has 0 heterocycles. The zero-order chi connectivity index (χ0) is 16.8. The lowest BCUT2D eigenvalue weighted by molar-refractivity contribution is -0.121. The zero-order valence-corrected chi connectivity index (χ0v) is 13.6. The van der Waals surface area contributed by atoms with Gasteiger partial charge in [-0.25, -0.2) is 9.18 Å². The lowest BCUT2D eigenvalue weighted by Crippen LogP contribution is -2.50. The van der Waals surface area contributed by atoms with Gasteiger partial charge >= 0.3 is 6.03 Å². The van der Waals surface area contributed by atoms with Crippen molar-refractivity contribution in [3.8, 4) is 0 Å². The summed E-state index contributed by atoms with van der Waals surface area (Å²) in [5.74, 6) is -0.692. The summed E-state index contributed by atoms with van der Waals surface area (Å²) in [5.41, 5.74) is 0.380. The largest absolute Gasteiger partial charge is 0.333 e. The van der Waals surface area contributed by atoms with Crippen LogP contribution in [0.4, 0.5) is 9.18 Å². The number of urea groups is 1. The second kappa shape index (κ2) is 7.89. The standard InChI is InChI=1S/C16H24FN3O2/c1-5-20(10-12-7-6-8-13(17)9-12)11-14(21)18-15(22)19-16(2,3)4/h6-9H,5,10-11H2,1-4H3,(H2,18,19,21,22). The van der Waals surface area contributed by atoms with Crippen molar-refractivity contribution in [2.45, 2.75) is 39.8 Å². The van der Waals surface area contributed by atoms with Crippen molar-refractivity contribution in [3.63, 3.8) is 0 Å². The van der Waals surface area contributed by atoms with Crippen molar-refractivity contribution in [1.82, 2.24) is 15.5 Å². The monoisotopic (exact) mass is 309 g/mol. The Morgan fingerprint density at radius 3 is 2.50 bits per heavy atom. The average Bonchev–Trinajstić information content (AvgIpc) is 2.35. The van der Waals surface area contributed by atoms with Crippen LogP contribution in [0, 0.1) is 5.82 Å². The van der Waals surface area contributed by atoms with Crippen LogP contribution in [0.1, 0.15) is 33.3 Å². The molecule has 0 saturated heterocycles. The summed E-state index contributed by atoms with van der Waals surface area (Å²) in [6, 6.07) is 5.74. The minimum atomic E-state index is -0.515. The highest BCUT2D eigenvalue weighted by atomic mass is 19.1. The minimum absolute atomic E-state index is 0.0740. The molecule has 22 heavy (non-hydrogen) atoms. The van der Waals surface area contributed by atoms with Gasteiger partial charge in [-0.3, -0.25) is 15.0 Å². The van der Waals surface area contributed by atoms with E-state index in [-0.39, 0.29) is 18.3 Å². The topological polar surface area (TPSA) is 61.4 Å². The van der Waals surface area contributed by atoms with E-state index in [4.69, 9.17) is 0 Å². The molecule has 6 heteroatoms. The molecule has 1 aromatic carbocycles. The second-order valence-corrected chi connectivity index (χ2v) is 6.19. The number of imide groups is 1. The molecule has 0 aliphatic carbocycles. The molecule has 0 aromatic heterocycles. The van der Waals surface area contributed by atoms with Crippen LogP contribution >= 0.6 is 0 Å². The maximum absolute atomic E-state index is 13.2. The van der Waals surface area contributed by atoms with Crippen LogP contribution in [0.3, 0.4) is 0 Å². The number of hydrogen-bond donors (Lipinski definition) is 2. The Labute approximate surface area is 130 Å². The van der Waals surface area contributed by atoms with Gasteiger partial charge in [-0.2, -0.15) is 0 Å². The van der Waals surface area contributed by atoms with Crippen molar-refractivity contribution >= 4 is 11.9 Å². The molecule has 0 unspecified atom stereocenters. The number of halogens is 1. The number of amides is 3. The number of rotatable bonds is 5. The summed E-state index contributed by atoms with van der Waals surface area (Å²) in [6.45, 7) is 8.54. The van der Waals surface area contributed by atoms with E-state index in [1.807, 2.05) is 32.6 Å². The maximum atomic E-state index is 13.2. The first kappa shape index (κ1) is 18.1. The van der Waals surface area contributed by atoms with E-state index in [9.17, 15) is 14.0 Å². The van der Waals surface area contributed by atoms with Crippen LogP contribution in [-0.2, 0) is 11.3 Å². The van der Waals surface area contributed by atoms with E-state index in [0.29, 0.717) is 13.1 Å². The summed E-state index contributed by atoms with van der Waals surface area (Å²) < 4.78 is 13.2. The summed E-state index contributed by atoms with van der Waals surface area (Å²) in [4.78, 5) is 25.3. The van der Waals surface area contributed by atoms with E-state index in [2.05, 4.69) is 10.6 Å². The molecule has 0 bridgehead atoms. The number of nitrogens with zero attached hydrogens (tertiary/aromatic N) is 1. The lowest BCUT2D eigenvalue weighted by Gasteiger charge is -2.22. The van der Waals surface area contributed by atoms with Crippen molar-refractivity contribution < 1.29 is 14.0 Å². The summed E-state index contributed by atoms with van der Waals surface area (Å²) in [6.07, 6.45) is 0. The molecule has 0 saturated carbocycles. The van der Waals surface area contributed by atoms with Gasteiger partial charge in [0.25, 0.3) is 0 Å². The fourth-order valence-electron chi connectivity index (χ4n) is 1.91. The van der Waals surface area contributed by atoms with Crippen LogP contribution in [0.25, 0.3) is 0 Å². The number of carbonyl (C=O) groups is 2. The normalized spacial score (nSPS) is 11.4. The molecule has 0 fully saturated rings. The molecule has 0 aliphatic heterocycles. The third kappa shape index (κ3) is 7.17. The number of hydrogen-bond acceptors (Lipinski definition) is 3. The van der Waals surface area contributed by atoms with E-state index >= 15 is 0 Å². The second-order valence-electron chi connectivity index (χ2n) is 6.19. The number of carbonyl (C=O) groups excluding carboxylic acids is 2. The highest BCUT2D eigenvalue weighted by molar-refractivity contribution is 5.95. The smallest absolute Gasteiger partial charge is 0.321 e. The van der Waals surface area contributed by atoms with E-state index in [1.165, 1.54) is 12.1 Å². The molecule has 0 spiro atoms. The molecule has 1 rings (SSSR count). The highest BCUT2D eigenvalue weighted by Gasteiger charge is 2.17. The zero-order valence-electron chi connectivity index (χ0n) is 13.6. The van der Waals surface area contributed by atoms with Crippen molar-refractivity contribution in [3.05, 3.63) is 35.6 Å². The van der Waals surface area contributed by atoms with Crippen LogP contribution in [-0.4, -0.2) is 35.5 Å². The van der Waals surface area contributed by atoms with Gasteiger partial charge in [-0.1, -0.05) is 19.1 Å². The van der Waals surface area contributed by atoms with E-state index in [1.54, 1.807) is 12.1 Å². The number of likely N-dealkylation sites (N-methyl/N-ethyl adjacent to an activating group) is 1. The van der Waals surface area contributed by atoms with Crippen molar-refractivity contribution in [2.75, 3.05) is 13.1 Å². The molecular formula is C16H24FN3O2. The molecule has 122 valence electrons. The molecule has 0 atom stereocenters. The third-order valence-corrected chi connectivity index (χ3v) is 2.85. The van der Waals surface area contributed by atoms with Gasteiger partial charge in [0.2, 0.25) is 5.91 Å². The Bertz CT molecular complexity index is 526. The Morgan fingerprint density at radius 2 is 1.95 bits per heavy atom. The van der Waals surface area contributed by atoms with E-state index < -0.39 is 11.6 Å². The Balaban J connectivity index is 2.51. The van der Waals surface area contributed by atoms with Crippen LogP contribution in [0.5, 0.6) is 0 Å². The summed E-state index contributed by atoms with van der Waals surface area (Å²) in [7, 11) is 0. The van der Waals surface area contributed by atoms with Crippen molar-refractivity contribution in [1.29, 1.82) is 0 Å². The van der Waals surface area contributed by atoms with E-state index in [0.717, 1.165) is 5.56 Å². The van der Waals surface area contributed by atoms with Crippen LogP contribution in [0.15, 0.2) is 24.3 Å². The molecular weight excluding hydrogens is 285 g/mol. The predicted octanol–water partition coefficient (Wildman–Crippen LogP) is 2.27. The molecule has 1 aromatic rings. The average molecular weight is 309 g/mol. The first-order chi connectivity index (χ1) is 10.2. The highest BCUT2D eigenvalue weighted by Crippen LogP contribution is 2.07. The third-order valence-electron chi connectivity index (χ3n) is 2.85. The fourth-order valence-corrected chi connectivity index (χ4v) is 1.91. The Morgan fingerprint density at radius 1 is 1.27 bits per heavy atom. The van der Waals surface area contributed by atoms with Gasteiger partial charge in [0.1, 0.15) is 5.82 Å². The van der Waals surface area contributed by atoms with Crippen molar-refractivity contribution in [2.24, 2.45) is 0 Å². The van der Waals surface area contributed by atoms with Gasteiger partial charge in [-0.15, -0.1) is 0 Å². The molecule has 5 nitrogen and oxygen atoms in total. The number of nitrogens with one attached hydrogen (secondary N) is 2. The maximum Gasteiger partial charge on any atom is 0.321 e. The quantitative estimate of drug-likeness (QED) is 0.877. The van der Waals surface area contributed by atoms with Crippen LogP contribution in [0.2, 0.25) is 0 Å².